The fourth-order valence-corrected chi connectivity index (χ4v) is 2.79. The zero-order valence-corrected chi connectivity index (χ0v) is 12.3. The minimum atomic E-state index is -3.72. The molecule has 0 aromatic heterocycles. The number of nitrogens with zero attached hydrogens (tertiary/aromatic N) is 1. The normalized spacial score (nSPS) is 11.8. The number of sulfonamides is 1. The van der Waals surface area contributed by atoms with Crippen molar-refractivity contribution in [1.29, 1.82) is 0 Å². The van der Waals surface area contributed by atoms with Crippen LogP contribution >= 0.6 is 0 Å². The monoisotopic (exact) mass is 301 g/mol. The number of nitrogen functional groups attached to an aromatic ring is 1. The van der Waals surface area contributed by atoms with Crippen LogP contribution in [0.2, 0.25) is 0 Å². The number of nitrogens with two attached hydrogens (primary N) is 1. The van der Waals surface area contributed by atoms with Crippen LogP contribution in [0.5, 0.6) is 0 Å². The predicted molar refractivity (Wildman–Crippen MR) is 76.2 cm³/mol. The third-order valence-corrected chi connectivity index (χ3v) is 4.16. The van der Waals surface area contributed by atoms with Crippen LogP contribution in [0.3, 0.4) is 0 Å². The zero-order valence-electron chi connectivity index (χ0n) is 11.5. The van der Waals surface area contributed by atoms with Crippen LogP contribution in [0.1, 0.15) is 16.8 Å². The Balaban J connectivity index is 2.80. The summed E-state index contributed by atoms with van der Waals surface area (Å²) in [5, 5.41) is 8.80. The highest BCUT2D eigenvalue weighted by Gasteiger charge is 2.18. The molecule has 0 saturated heterocycles. The van der Waals surface area contributed by atoms with Gasteiger partial charge >= 0.3 is 5.97 Å². The van der Waals surface area contributed by atoms with Crippen LogP contribution in [0.4, 0.5) is 5.69 Å². The second-order valence-corrected chi connectivity index (χ2v) is 6.35. The first kappa shape index (κ1) is 16.4. The fourth-order valence-electron chi connectivity index (χ4n) is 1.61. The lowest BCUT2D eigenvalue weighted by Crippen LogP contribution is -2.28. The van der Waals surface area contributed by atoms with E-state index in [-0.39, 0.29) is 16.1 Å². The second-order valence-electron chi connectivity index (χ2n) is 4.61. The average molecular weight is 301 g/mol. The molecule has 0 unspecified atom stereocenters. The molecule has 20 heavy (non-hydrogen) atoms. The Morgan fingerprint density at radius 2 is 2.05 bits per heavy atom. The highest BCUT2D eigenvalue weighted by Crippen LogP contribution is 2.19. The molecule has 1 aromatic rings. The summed E-state index contributed by atoms with van der Waals surface area (Å²) in [6, 6.07) is 3.55. The molecule has 7 nitrogen and oxygen atoms in total. The Kier molecular flexibility index (Phi) is 5.49. The van der Waals surface area contributed by atoms with Crippen LogP contribution < -0.4 is 10.5 Å². The van der Waals surface area contributed by atoms with Crippen molar-refractivity contribution in [3.63, 3.8) is 0 Å². The molecule has 0 atom stereocenters. The summed E-state index contributed by atoms with van der Waals surface area (Å²) in [4.78, 5) is 12.6. The molecule has 1 rings (SSSR count). The lowest BCUT2D eigenvalue weighted by molar-refractivity contribution is 0.0697. The Morgan fingerprint density at radius 1 is 1.40 bits per heavy atom. The predicted octanol–water partition coefficient (Wildman–Crippen LogP) is 0.197. The molecule has 0 bridgehead atoms. The van der Waals surface area contributed by atoms with Gasteiger partial charge in [0.05, 0.1) is 11.3 Å². The summed E-state index contributed by atoms with van der Waals surface area (Å²) in [6.07, 6.45) is 0.666. The Hall–Kier alpha value is -1.64. The molecule has 0 heterocycles. The third-order valence-electron chi connectivity index (χ3n) is 2.62. The van der Waals surface area contributed by atoms with Crippen LogP contribution in [-0.4, -0.2) is 51.6 Å². The van der Waals surface area contributed by atoms with Gasteiger partial charge in [0.1, 0.15) is 4.90 Å². The molecule has 1 aromatic carbocycles. The van der Waals surface area contributed by atoms with Crippen LogP contribution in [0, 0.1) is 0 Å². The van der Waals surface area contributed by atoms with E-state index in [1.165, 1.54) is 12.1 Å². The van der Waals surface area contributed by atoms with Crippen molar-refractivity contribution in [2.45, 2.75) is 11.3 Å². The number of carboxylic acid groups (broad SMARTS) is 1. The quantitative estimate of drug-likeness (QED) is 0.490. The van der Waals surface area contributed by atoms with E-state index in [9.17, 15) is 13.2 Å². The van der Waals surface area contributed by atoms with Gasteiger partial charge in [-0.15, -0.1) is 0 Å². The number of aromatic carboxylic acids is 1. The number of carbonyl (C=O) groups is 1. The minimum absolute atomic E-state index is 0.0472. The molecular formula is C12H19N3O4S. The van der Waals surface area contributed by atoms with E-state index in [1.807, 2.05) is 19.0 Å². The largest absolute Gasteiger partial charge is 0.478 e. The smallest absolute Gasteiger partial charge is 0.335 e. The summed E-state index contributed by atoms with van der Waals surface area (Å²) < 4.78 is 26.5. The molecule has 0 fully saturated rings. The first-order valence-electron chi connectivity index (χ1n) is 6.01. The molecule has 0 aliphatic rings. The van der Waals surface area contributed by atoms with Crippen molar-refractivity contribution >= 4 is 21.7 Å². The first-order chi connectivity index (χ1) is 9.24. The number of nitrogens with one attached hydrogen (secondary N) is 1. The zero-order chi connectivity index (χ0) is 15.3. The molecule has 4 N–H and O–H groups in total. The topological polar surface area (TPSA) is 113 Å². The van der Waals surface area contributed by atoms with Crippen LogP contribution in [-0.2, 0) is 10.0 Å². The number of hydrogen-bond acceptors (Lipinski definition) is 5. The van der Waals surface area contributed by atoms with Gasteiger partial charge < -0.3 is 15.7 Å². The third kappa shape index (κ3) is 4.48. The van der Waals surface area contributed by atoms with Crippen molar-refractivity contribution in [3.05, 3.63) is 23.8 Å². The van der Waals surface area contributed by atoms with Crippen molar-refractivity contribution in [2.75, 3.05) is 32.9 Å². The maximum Gasteiger partial charge on any atom is 0.335 e. The Bertz CT molecular complexity index is 584. The molecule has 112 valence electrons. The van der Waals surface area contributed by atoms with Gasteiger partial charge in [-0.05, 0) is 45.3 Å². The molecular weight excluding hydrogens is 282 g/mol. The number of hydrogen-bond donors (Lipinski definition) is 3. The van der Waals surface area contributed by atoms with Gasteiger partial charge in [-0.1, -0.05) is 0 Å². The van der Waals surface area contributed by atoms with Gasteiger partial charge in [0, 0.05) is 6.54 Å². The lowest BCUT2D eigenvalue weighted by Gasteiger charge is -2.11. The van der Waals surface area contributed by atoms with Crippen molar-refractivity contribution < 1.29 is 18.3 Å². The Morgan fingerprint density at radius 3 is 2.55 bits per heavy atom. The summed E-state index contributed by atoms with van der Waals surface area (Å²) in [5.74, 6) is -1.15. The maximum absolute atomic E-state index is 12.0. The highest BCUT2D eigenvalue weighted by molar-refractivity contribution is 7.89. The van der Waals surface area contributed by atoms with Gasteiger partial charge in [0.2, 0.25) is 10.0 Å². The van der Waals surface area contributed by atoms with Crippen molar-refractivity contribution in [1.82, 2.24) is 9.62 Å². The summed E-state index contributed by atoms with van der Waals surface area (Å²) >= 11 is 0. The van der Waals surface area contributed by atoms with E-state index in [0.717, 1.165) is 12.6 Å². The molecule has 0 saturated carbocycles. The van der Waals surface area contributed by atoms with Gasteiger partial charge in [0.25, 0.3) is 0 Å². The standard InChI is InChI=1S/C12H19N3O4S/c1-15(2)7-3-6-14-20(18,19)11-5-4-9(12(16)17)8-10(11)13/h4-5,8,14H,3,6-7,13H2,1-2H3,(H,16,17). The maximum atomic E-state index is 12.0. The van der Waals surface area contributed by atoms with E-state index in [2.05, 4.69) is 4.72 Å². The SMILES string of the molecule is CN(C)CCCNS(=O)(=O)c1ccc(C(=O)O)cc1N. The van der Waals surface area contributed by atoms with E-state index < -0.39 is 16.0 Å². The number of benzene rings is 1. The summed E-state index contributed by atoms with van der Waals surface area (Å²) in [5.41, 5.74) is 5.48. The Labute approximate surface area is 118 Å². The lowest BCUT2D eigenvalue weighted by atomic mass is 10.2. The van der Waals surface area contributed by atoms with E-state index in [0.29, 0.717) is 13.0 Å². The second kappa shape index (κ2) is 6.69. The first-order valence-corrected chi connectivity index (χ1v) is 7.49. The van der Waals surface area contributed by atoms with E-state index in [1.54, 1.807) is 0 Å². The summed E-state index contributed by atoms with van der Waals surface area (Å²) in [7, 11) is 0.0820. The number of carboxylic acids is 1. The van der Waals surface area contributed by atoms with Gasteiger partial charge in [-0.25, -0.2) is 17.9 Å². The molecule has 0 amide bonds. The molecule has 0 aliphatic carbocycles. The van der Waals surface area contributed by atoms with E-state index in [4.69, 9.17) is 10.8 Å². The highest BCUT2D eigenvalue weighted by atomic mass is 32.2. The average Bonchev–Trinajstić information content (AvgIpc) is 2.34. The van der Waals surface area contributed by atoms with Gasteiger partial charge in [-0.2, -0.15) is 0 Å². The van der Waals surface area contributed by atoms with Crippen LogP contribution in [0.25, 0.3) is 0 Å². The van der Waals surface area contributed by atoms with E-state index >= 15 is 0 Å². The van der Waals surface area contributed by atoms with Gasteiger partial charge in [-0.3, -0.25) is 0 Å². The fraction of sp³-hybridized carbons (Fsp3) is 0.417. The van der Waals surface area contributed by atoms with Crippen molar-refractivity contribution in [2.24, 2.45) is 0 Å². The molecule has 0 spiro atoms. The van der Waals surface area contributed by atoms with Crippen molar-refractivity contribution in [3.8, 4) is 0 Å². The molecule has 0 aliphatic heterocycles. The number of anilines is 1. The van der Waals surface area contributed by atoms with Gasteiger partial charge in [0.15, 0.2) is 0 Å². The summed E-state index contributed by atoms with van der Waals surface area (Å²) in [6.45, 7) is 1.05. The minimum Gasteiger partial charge on any atom is -0.478 e. The molecule has 0 radical (unpaired) electrons. The molecule has 8 heteroatoms. The van der Waals surface area contributed by atoms with Crippen LogP contribution in [0.15, 0.2) is 23.1 Å². The number of rotatable bonds is 7.